The predicted octanol–water partition coefficient (Wildman–Crippen LogP) is 0.886. The van der Waals surface area contributed by atoms with Crippen molar-refractivity contribution in [2.24, 2.45) is 0 Å². The molecular weight excluding hydrogens is 154 g/mol. The number of hydrogen-bond acceptors (Lipinski definition) is 3. The van der Waals surface area contributed by atoms with E-state index in [1.165, 1.54) is 0 Å². The maximum Gasteiger partial charge on any atom is 0.105 e. The van der Waals surface area contributed by atoms with E-state index in [0.29, 0.717) is 12.0 Å². The van der Waals surface area contributed by atoms with Gasteiger partial charge in [-0.15, -0.1) is 0 Å². The fraction of sp³-hybridized carbons (Fsp3) is 0.444. The lowest BCUT2D eigenvalue weighted by atomic mass is 10.0. The third-order valence-corrected chi connectivity index (χ3v) is 1.83. The van der Waals surface area contributed by atoms with E-state index in [-0.39, 0.29) is 0 Å². The summed E-state index contributed by atoms with van der Waals surface area (Å²) in [6.45, 7) is 1.83. The number of nitrogens with zero attached hydrogens (tertiary/aromatic N) is 1. The smallest absolute Gasteiger partial charge is 0.105 e. The molecule has 3 heteroatoms. The largest absolute Gasteiger partial charge is 0.390 e. The van der Waals surface area contributed by atoms with E-state index in [1.54, 1.807) is 24.5 Å². The van der Waals surface area contributed by atoms with E-state index in [0.717, 1.165) is 0 Å². The molecule has 0 bridgehead atoms. The SMILES string of the molecule is CCC(O)C(O)c1ccncc1. The Morgan fingerprint density at radius 1 is 1.33 bits per heavy atom. The summed E-state index contributed by atoms with van der Waals surface area (Å²) in [6.07, 6.45) is 2.26. The van der Waals surface area contributed by atoms with Gasteiger partial charge in [-0.3, -0.25) is 4.98 Å². The lowest BCUT2D eigenvalue weighted by molar-refractivity contribution is 0.0164. The molecule has 0 spiro atoms. The monoisotopic (exact) mass is 167 g/mol. The van der Waals surface area contributed by atoms with Crippen molar-refractivity contribution in [1.29, 1.82) is 0 Å². The van der Waals surface area contributed by atoms with Crippen LogP contribution >= 0.6 is 0 Å². The highest BCUT2D eigenvalue weighted by Crippen LogP contribution is 2.17. The van der Waals surface area contributed by atoms with Crippen LogP contribution in [0.1, 0.15) is 25.0 Å². The van der Waals surface area contributed by atoms with Crippen molar-refractivity contribution < 1.29 is 10.2 Å². The van der Waals surface area contributed by atoms with Crippen LogP contribution in [0.15, 0.2) is 24.5 Å². The van der Waals surface area contributed by atoms with Gasteiger partial charge in [0.25, 0.3) is 0 Å². The zero-order valence-corrected chi connectivity index (χ0v) is 7.01. The zero-order chi connectivity index (χ0) is 8.97. The van der Waals surface area contributed by atoms with Crippen molar-refractivity contribution in [2.75, 3.05) is 0 Å². The molecule has 0 radical (unpaired) electrons. The van der Waals surface area contributed by atoms with E-state index < -0.39 is 12.2 Å². The van der Waals surface area contributed by atoms with Gasteiger partial charge in [-0.2, -0.15) is 0 Å². The van der Waals surface area contributed by atoms with Gasteiger partial charge in [-0.05, 0) is 24.1 Å². The first-order valence-electron chi connectivity index (χ1n) is 4.01. The second-order valence-electron chi connectivity index (χ2n) is 2.70. The van der Waals surface area contributed by atoms with E-state index >= 15 is 0 Å². The van der Waals surface area contributed by atoms with Crippen LogP contribution in [0.5, 0.6) is 0 Å². The average Bonchev–Trinajstić information content (AvgIpc) is 2.17. The second-order valence-corrected chi connectivity index (χ2v) is 2.70. The molecule has 1 heterocycles. The summed E-state index contributed by atoms with van der Waals surface area (Å²) >= 11 is 0. The first-order valence-corrected chi connectivity index (χ1v) is 4.01. The maximum absolute atomic E-state index is 9.51. The maximum atomic E-state index is 9.51. The van der Waals surface area contributed by atoms with Crippen molar-refractivity contribution >= 4 is 0 Å². The van der Waals surface area contributed by atoms with E-state index in [1.807, 2.05) is 6.92 Å². The van der Waals surface area contributed by atoms with E-state index in [2.05, 4.69) is 4.98 Å². The molecule has 0 aromatic carbocycles. The minimum atomic E-state index is -0.794. The minimum Gasteiger partial charge on any atom is -0.390 e. The van der Waals surface area contributed by atoms with Gasteiger partial charge in [0.05, 0.1) is 6.10 Å². The van der Waals surface area contributed by atoms with Crippen LogP contribution in [-0.2, 0) is 0 Å². The number of aliphatic hydroxyl groups excluding tert-OH is 2. The van der Waals surface area contributed by atoms with Crippen LogP contribution in [0.3, 0.4) is 0 Å². The third kappa shape index (κ3) is 2.03. The Balaban J connectivity index is 2.71. The molecule has 0 aliphatic carbocycles. The van der Waals surface area contributed by atoms with Gasteiger partial charge in [0.15, 0.2) is 0 Å². The molecule has 1 rings (SSSR count). The molecular formula is C9H13NO2. The van der Waals surface area contributed by atoms with Gasteiger partial charge in [-0.25, -0.2) is 0 Å². The highest BCUT2D eigenvalue weighted by molar-refractivity contribution is 5.13. The van der Waals surface area contributed by atoms with Gasteiger partial charge in [0.2, 0.25) is 0 Å². The van der Waals surface area contributed by atoms with E-state index in [4.69, 9.17) is 0 Å². The van der Waals surface area contributed by atoms with Crippen LogP contribution < -0.4 is 0 Å². The Labute approximate surface area is 71.7 Å². The Morgan fingerprint density at radius 2 is 1.92 bits per heavy atom. The third-order valence-electron chi connectivity index (χ3n) is 1.83. The van der Waals surface area contributed by atoms with Gasteiger partial charge in [0.1, 0.15) is 6.10 Å². The highest BCUT2D eigenvalue weighted by Gasteiger charge is 2.15. The quantitative estimate of drug-likeness (QED) is 0.702. The number of rotatable bonds is 3. The van der Waals surface area contributed by atoms with Gasteiger partial charge < -0.3 is 10.2 Å². The molecule has 66 valence electrons. The summed E-state index contributed by atoms with van der Waals surface area (Å²) in [7, 11) is 0. The van der Waals surface area contributed by atoms with Crippen molar-refractivity contribution in [1.82, 2.24) is 4.98 Å². The van der Waals surface area contributed by atoms with Crippen LogP contribution in [0.2, 0.25) is 0 Å². The van der Waals surface area contributed by atoms with Crippen LogP contribution in [-0.4, -0.2) is 21.3 Å². The molecule has 2 unspecified atom stereocenters. The first-order chi connectivity index (χ1) is 5.75. The zero-order valence-electron chi connectivity index (χ0n) is 7.01. The molecule has 1 aromatic rings. The number of aliphatic hydroxyl groups is 2. The van der Waals surface area contributed by atoms with Crippen LogP contribution in [0, 0.1) is 0 Å². The normalized spacial score (nSPS) is 15.6. The summed E-state index contributed by atoms with van der Waals surface area (Å²) in [5, 5.41) is 18.8. The average molecular weight is 167 g/mol. The van der Waals surface area contributed by atoms with Gasteiger partial charge >= 0.3 is 0 Å². The molecule has 0 fully saturated rings. The molecule has 3 nitrogen and oxygen atoms in total. The summed E-state index contributed by atoms with van der Waals surface area (Å²) in [5.41, 5.74) is 0.708. The topological polar surface area (TPSA) is 53.4 Å². The fourth-order valence-electron chi connectivity index (χ4n) is 1.01. The molecule has 1 aromatic heterocycles. The Bertz CT molecular complexity index is 225. The summed E-state index contributed by atoms with van der Waals surface area (Å²) < 4.78 is 0. The Kier molecular flexibility index (Phi) is 3.19. The van der Waals surface area contributed by atoms with E-state index in [9.17, 15) is 10.2 Å². The molecule has 0 amide bonds. The van der Waals surface area contributed by atoms with Crippen molar-refractivity contribution in [2.45, 2.75) is 25.6 Å². The molecule has 0 aliphatic heterocycles. The number of hydrogen-bond donors (Lipinski definition) is 2. The molecule has 2 N–H and O–H groups in total. The van der Waals surface area contributed by atoms with Crippen molar-refractivity contribution in [3.05, 3.63) is 30.1 Å². The van der Waals surface area contributed by atoms with Crippen LogP contribution in [0.4, 0.5) is 0 Å². The second kappa shape index (κ2) is 4.18. The molecule has 0 saturated heterocycles. The molecule has 12 heavy (non-hydrogen) atoms. The number of aromatic nitrogens is 1. The molecule has 0 aliphatic rings. The van der Waals surface area contributed by atoms with Gasteiger partial charge in [-0.1, -0.05) is 6.92 Å². The van der Waals surface area contributed by atoms with Crippen molar-refractivity contribution in [3.63, 3.8) is 0 Å². The van der Waals surface area contributed by atoms with Crippen molar-refractivity contribution in [3.8, 4) is 0 Å². The van der Waals surface area contributed by atoms with Gasteiger partial charge in [0, 0.05) is 12.4 Å². The predicted molar refractivity (Wildman–Crippen MR) is 45.5 cm³/mol. The summed E-state index contributed by atoms with van der Waals surface area (Å²) in [6, 6.07) is 3.40. The fourth-order valence-corrected chi connectivity index (χ4v) is 1.01. The lowest BCUT2D eigenvalue weighted by Gasteiger charge is -2.15. The lowest BCUT2D eigenvalue weighted by Crippen LogP contribution is -2.16. The Hall–Kier alpha value is -0.930. The summed E-state index contributed by atoms with van der Waals surface area (Å²) in [4.78, 5) is 3.82. The highest BCUT2D eigenvalue weighted by atomic mass is 16.3. The Morgan fingerprint density at radius 3 is 2.42 bits per heavy atom. The number of pyridine rings is 1. The standard InChI is InChI=1S/C9H13NO2/c1-2-8(11)9(12)7-3-5-10-6-4-7/h3-6,8-9,11-12H,2H2,1H3. The molecule has 0 saturated carbocycles. The minimum absolute atomic E-state index is 0.545. The van der Waals surface area contributed by atoms with Crippen LogP contribution in [0.25, 0.3) is 0 Å². The summed E-state index contributed by atoms with van der Waals surface area (Å²) in [5.74, 6) is 0. The first kappa shape index (κ1) is 9.16. The molecule has 2 atom stereocenters.